The molecule has 1 aromatic heterocycles. The molecular formula is C24H26N2O3. The minimum atomic E-state index is 0.212. The Hall–Kier alpha value is -3.05. The predicted molar refractivity (Wildman–Crippen MR) is 112 cm³/mol. The van der Waals surface area contributed by atoms with Crippen LogP contribution in [0.25, 0.3) is 11.3 Å². The number of hydrogen-bond donors (Lipinski definition) is 0. The van der Waals surface area contributed by atoms with Crippen LogP contribution >= 0.6 is 0 Å². The van der Waals surface area contributed by atoms with E-state index in [-0.39, 0.29) is 5.91 Å². The lowest BCUT2D eigenvalue weighted by atomic mass is 10.1. The molecule has 2 heterocycles. The van der Waals surface area contributed by atoms with E-state index >= 15 is 0 Å². The quantitative estimate of drug-likeness (QED) is 0.633. The van der Waals surface area contributed by atoms with Crippen LogP contribution < -0.4 is 4.74 Å². The Morgan fingerprint density at radius 3 is 2.55 bits per heavy atom. The maximum atomic E-state index is 12.6. The van der Waals surface area contributed by atoms with Crippen molar-refractivity contribution in [1.29, 1.82) is 0 Å². The molecule has 0 N–H and O–H groups in total. The van der Waals surface area contributed by atoms with Crippen molar-refractivity contribution >= 4 is 5.91 Å². The Morgan fingerprint density at radius 1 is 0.931 bits per heavy atom. The summed E-state index contributed by atoms with van der Waals surface area (Å²) >= 11 is 0. The van der Waals surface area contributed by atoms with Gasteiger partial charge in [-0.25, -0.2) is 0 Å². The molecule has 3 aromatic rings. The van der Waals surface area contributed by atoms with Gasteiger partial charge in [0.1, 0.15) is 11.5 Å². The van der Waals surface area contributed by atoms with E-state index in [1.165, 1.54) is 5.56 Å². The monoisotopic (exact) mass is 390 g/mol. The summed E-state index contributed by atoms with van der Waals surface area (Å²) in [6.45, 7) is 3.87. The van der Waals surface area contributed by atoms with Crippen molar-refractivity contribution in [2.75, 3.05) is 26.7 Å². The summed E-state index contributed by atoms with van der Waals surface area (Å²) in [5, 5.41) is 0. The highest BCUT2D eigenvalue weighted by Gasteiger charge is 2.21. The molecule has 0 aliphatic carbocycles. The van der Waals surface area contributed by atoms with Gasteiger partial charge in [0.25, 0.3) is 0 Å². The minimum Gasteiger partial charge on any atom is -0.497 e. The molecule has 0 radical (unpaired) electrons. The van der Waals surface area contributed by atoms with Crippen molar-refractivity contribution in [2.24, 2.45) is 0 Å². The molecule has 4 rings (SSSR count). The van der Waals surface area contributed by atoms with Crippen LogP contribution in [0.15, 0.2) is 71.3 Å². The van der Waals surface area contributed by atoms with E-state index in [4.69, 9.17) is 9.15 Å². The summed E-state index contributed by atoms with van der Waals surface area (Å²) in [5.41, 5.74) is 3.42. The van der Waals surface area contributed by atoms with Gasteiger partial charge in [-0.15, -0.1) is 0 Å². The maximum absolute atomic E-state index is 12.6. The van der Waals surface area contributed by atoms with E-state index in [0.717, 1.165) is 48.8 Å². The summed E-state index contributed by atoms with van der Waals surface area (Å²) in [6.07, 6.45) is 2.24. The lowest BCUT2D eigenvalue weighted by molar-refractivity contribution is -0.130. The van der Waals surface area contributed by atoms with Crippen molar-refractivity contribution in [3.63, 3.8) is 0 Å². The zero-order chi connectivity index (χ0) is 20.1. The second kappa shape index (κ2) is 8.97. The number of furan rings is 1. The molecule has 1 aliphatic heterocycles. The van der Waals surface area contributed by atoms with Gasteiger partial charge >= 0.3 is 0 Å². The number of benzene rings is 2. The maximum Gasteiger partial charge on any atom is 0.224 e. The molecule has 0 spiro atoms. The van der Waals surface area contributed by atoms with Gasteiger partial charge in [0.15, 0.2) is 0 Å². The second-order valence-electron chi connectivity index (χ2n) is 7.37. The highest BCUT2D eigenvalue weighted by Crippen LogP contribution is 2.21. The van der Waals surface area contributed by atoms with Gasteiger partial charge in [0.05, 0.1) is 13.4 Å². The van der Waals surface area contributed by atoms with E-state index < -0.39 is 0 Å². The first-order valence-electron chi connectivity index (χ1n) is 9.97. The van der Waals surface area contributed by atoms with Gasteiger partial charge in [0.2, 0.25) is 5.91 Å². The van der Waals surface area contributed by atoms with Gasteiger partial charge in [0, 0.05) is 44.7 Å². The summed E-state index contributed by atoms with van der Waals surface area (Å²) in [6, 6.07) is 20.2. The normalized spacial score (nSPS) is 15.3. The number of ether oxygens (including phenoxy) is 1. The van der Waals surface area contributed by atoms with Crippen molar-refractivity contribution < 1.29 is 13.9 Å². The highest BCUT2D eigenvalue weighted by molar-refractivity contribution is 5.76. The molecular weight excluding hydrogens is 364 g/mol. The van der Waals surface area contributed by atoms with Crippen LogP contribution in [-0.4, -0.2) is 42.5 Å². The molecule has 1 saturated heterocycles. The van der Waals surface area contributed by atoms with Crippen LogP contribution in [0.3, 0.4) is 0 Å². The van der Waals surface area contributed by atoms with Crippen molar-refractivity contribution in [2.45, 2.75) is 19.5 Å². The fraction of sp³-hybridized carbons (Fsp3) is 0.292. The fourth-order valence-electron chi connectivity index (χ4n) is 3.70. The Labute approximate surface area is 171 Å². The van der Waals surface area contributed by atoms with Gasteiger partial charge in [-0.2, -0.15) is 0 Å². The van der Waals surface area contributed by atoms with E-state index in [9.17, 15) is 4.79 Å². The summed E-state index contributed by atoms with van der Waals surface area (Å²) < 4.78 is 10.7. The number of carbonyl (C=O) groups excluding carboxylic acids is 1. The van der Waals surface area contributed by atoms with Crippen LogP contribution in [-0.2, 0) is 17.9 Å². The molecule has 5 heteroatoms. The summed E-state index contributed by atoms with van der Waals surface area (Å²) in [4.78, 5) is 16.9. The van der Waals surface area contributed by atoms with Crippen LogP contribution in [0.5, 0.6) is 5.75 Å². The summed E-state index contributed by atoms with van der Waals surface area (Å²) in [5.74, 6) is 1.91. The highest BCUT2D eigenvalue weighted by atomic mass is 16.5. The molecule has 150 valence electrons. The molecule has 2 aromatic carbocycles. The molecule has 0 saturated carbocycles. The van der Waals surface area contributed by atoms with Gasteiger partial charge in [-0.3, -0.25) is 9.69 Å². The fourth-order valence-corrected chi connectivity index (χ4v) is 3.70. The van der Waals surface area contributed by atoms with Crippen molar-refractivity contribution in [3.8, 4) is 17.1 Å². The molecule has 0 bridgehead atoms. The topological polar surface area (TPSA) is 45.9 Å². The standard InChI is InChI=1S/C24H26N2O3/c1-28-22-5-2-4-20(16-22)18-26-14-13-25(12-11-24(26)27)17-19-7-9-21(10-8-19)23-6-3-15-29-23/h2-10,15-16H,11-14,17-18H2,1H3. The average molecular weight is 390 g/mol. The second-order valence-corrected chi connectivity index (χ2v) is 7.37. The van der Waals surface area contributed by atoms with Crippen molar-refractivity contribution in [1.82, 2.24) is 9.80 Å². The zero-order valence-corrected chi connectivity index (χ0v) is 16.7. The minimum absolute atomic E-state index is 0.212. The molecule has 5 nitrogen and oxygen atoms in total. The zero-order valence-electron chi connectivity index (χ0n) is 16.7. The summed E-state index contributed by atoms with van der Waals surface area (Å²) in [7, 11) is 1.66. The van der Waals surface area contributed by atoms with Gasteiger partial charge in [-0.1, -0.05) is 36.4 Å². The Balaban J connectivity index is 1.36. The average Bonchev–Trinajstić information content (AvgIpc) is 3.24. The first-order valence-corrected chi connectivity index (χ1v) is 9.97. The number of carbonyl (C=O) groups is 1. The van der Waals surface area contributed by atoms with E-state index in [1.54, 1.807) is 13.4 Å². The van der Waals surface area contributed by atoms with Gasteiger partial charge < -0.3 is 14.1 Å². The van der Waals surface area contributed by atoms with Gasteiger partial charge in [-0.05, 0) is 35.4 Å². The molecule has 0 atom stereocenters. The smallest absolute Gasteiger partial charge is 0.224 e. The largest absolute Gasteiger partial charge is 0.497 e. The van der Waals surface area contributed by atoms with Crippen LogP contribution in [0.2, 0.25) is 0 Å². The van der Waals surface area contributed by atoms with Crippen LogP contribution in [0, 0.1) is 0 Å². The van der Waals surface area contributed by atoms with Crippen LogP contribution in [0.4, 0.5) is 0 Å². The number of rotatable bonds is 6. The first kappa shape index (κ1) is 19.3. The number of hydrogen-bond acceptors (Lipinski definition) is 4. The van der Waals surface area contributed by atoms with E-state index in [0.29, 0.717) is 13.0 Å². The molecule has 29 heavy (non-hydrogen) atoms. The predicted octanol–water partition coefficient (Wildman–Crippen LogP) is 4.19. The Kier molecular flexibility index (Phi) is 5.96. The third kappa shape index (κ3) is 4.87. The lowest BCUT2D eigenvalue weighted by Crippen LogP contribution is -2.32. The molecule has 1 amide bonds. The number of amides is 1. The molecule has 1 aliphatic rings. The third-order valence-electron chi connectivity index (χ3n) is 5.35. The molecule has 1 fully saturated rings. The third-order valence-corrected chi connectivity index (χ3v) is 5.35. The number of methoxy groups -OCH3 is 1. The van der Waals surface area contributed by atoms with Crippen LogP contribution in [0.1, 0.15) is 17.5 Å². The van der Waals surface area contributed by atoms with Crippen molar-refractivity contribution in [3.05, 3.63) is 78.1 Å². The lowest BCUT2D eigenvalue weighted by Gasteiger charge is -2.22. The first-order chi connectivity index (χ1) is 14.2. The molecule has 0 unspecified atom stereocenters. The Morgan fingerprint density at radius 2 is 1.79 bits per heavy atom. The number of nitrogens with zero attached hydrogens (tertiary/aromatic N) is 2. The van der Waals surface area contributed by atoms with E-state index in [1.807, 2.05) is 41.3 Å². The Bertz CT molecular complexity index is 935. The SMILES string of the molecule is COc1cccc(CN2CCN(Cc3ccc(-c4ccco4)cc3)CCC2=O)c1. The van der Waals surface area contributed by atoms with E-state index in [2.05, 4.69) is 29.2 Å².